The van der Waals surface area contributed by atoms with Gasteiger partial charge in [0.1, 0.15) is 6.33 Å². The van der Waals surface area contributed by atoms with Gasteiger partial charge in [0, 0.05) is 19.8 Å². The minimum absolute atomic E-state index is 0.0120. The number of rotatable bonds is 1. The van der Waals surface area contributed by atoms with E-state index in [1.807, 2.05) is 4.68 Å². The predicted molar refractivity (Wildman–Crippen MR) is 61.4 cm³/mol. The quantitative estimate of drug-likeness (QED) is 0.781. The summed E-state index contributed by atoms with van der Waals surface area (Å²) < 4.78 is 13.3. The zero-order chi connectivity index (χ0) is 11.7. The molecule has 0 bridgehead atoms. The summed E-state index contributed by atoms with van der Waals surface area (Å²) in [6, 6.07) is 0.353. The second-order valence-electron chi connectivity index (χ2n) is 4.87. The molecule has 1 atom stereocenters. The van der Waals surface area contributed by atoms with Crippen molar-refractivity contribution in [3.63, 3.8) is 0 Å². The highest BCUT2D eigenvalue weighted by molar-refractivity contribution is 5.10. The lowest BCUT2D eigenvalue weighted by molar-refractivity contribution is -0.145. The molecular weight excluding hydrogens is 220 g/mol. The molecule has 0 aromatic carbocycles. The molecule has 6 nitrogen and oxygen atoms in total. The number of nitrogens with two attached hydrogens (primary N) is 1. The average Bonchev–Trinajstić information content (AvgIpc) is 2.77. The highest BCUT2D eigenvalue weighted by Crippen LogP contribution is 2.38. The topological polar surface area (TPSA) is 75.2 Å². The van der Waals surface area contributed by atoms with Crippen LogP contribution in [0, 0.1) is 0 Å². The molecule has 1 aromatic rings. The van der Waals surface area contributed by atoms with E-state index in [2.05, 4.69) is 10.1 Å². The van der Waals surface area contributed by atoms with Crippen LogP contribution in [-0.2, 0) is 9.47 Å². The zero-order valence-corrected chi connectivity index (χ0v) is 9.84. The van der Waals surface area contributed by atoms with E-state index in [0.29, 0.717) is 12.0 Å². The summed E-state index contributed by atoms with van der Waals surface area (Å²) in [5.41, 5.74) is 5.55. The van der Waals surface area contributed by atoms with Crippen molar-refractivity contribution in [2.75, 3.05) is 25.6 Å². The highest BCUT2D eigenvalue weighted by Gasteiger charge is 2.39. The van der Waals surface area contributed by atoms with Gasteiger partial charge in [0.25, 0.3) is 0 Å². The van der Waals surface area contributed by atoms with Gasteiger partial charge in [-0.25, -0.2) is 9.67 Å². The molecule has 0 radical (unpaired) electrons. The summed E-state index contributed by atoms with van der Waals surface area (Å²) in [5.74, 6) is 0.345. The fourth-order valence-corrected chi connectivity index (χ4v) is 2.78. The number of anilines is 1. The predicted octanol–water partition coefficient (Wildman–Crippen LogP) is 0.761. The Bertz CT molecular complexity index is 381. The van der Waals surface area contributed by atoms with Crippen LogP contribution in [-0.4, -0.2) is 40.2 Å². The molecule has 1 aromatic heterocycles. The number of hydrogen-bond acceptors (Lipinski definition) is 5. The molecule has 1 unspecified atom stereocenters. The van der Waals surface area contributed by atoms with Gasteiger partial charge in [0.15, 0.2) is 0 Å². The van der Waals surface area contributed by atoms with E-state index < -0.39 is 0 Å². The molecule has 3 heterocycles. The van der Waals surface area contributed by atoms with Gasteiger partial charge in [0.05, 0.1) is 11.6 Å². The lowest BCUT2D eigenvalue weighted by Crippen LogP contribution is -2.44. The Morgan fingerprint density at radius 1 is 1.35 bits per heavy atom. The summed E-state index contributed by atoms with van der Waals surface area (Å²) in [5, 5.41) is 4.21. The van der Waals surface area contributed by atoms with Crippen molar-refractivity contribution in [3.8, 4) is 0 Å². The lowest BCUT2D eigenvalue weighted by atomic mass is 9.84. The maximum atomic E-state index is 5.99. The van der Waals surface area contributed by atoms with E-state index in [0.717, 1.165) is 45.5 Å². The molecule has 0 amide bonds. The maximum absolute atomic E-state index is 5.99. The van der Waals surface area contributed by atoms with Gasteiger partial charge in [-0.15, -0.1) is 5.10 Å². The molecule has 94 valence electrons. The Labute approximate surface area is 100 Å². The number of nitrogens with zero attached hydrogens (tertiary/aromatic N) is 3. The molecular formula is C11H18N4O2. The standard InChI is InChI=1S/C11H18N4O2/c12-10-13-8-15(14-10)9-1-4-17-11(7-9)2-5-16-6-3-11/h8-9H,1-7H2,(H2,12,14). The Morgan fingerprint density at radius 2 is 2.18 bits per heavy atom. The first-order chi connectivity index (χ1) is 8.27. The van der Waals surface area contributed by atoms with Crippen LogP contribution < -0.4 is 5.73 Å². The molecule has 0 aliphatic carbocycles. The van der Waals surface area contributed by atoms with Crippen molar-refractivity contribution < 1.29 is 9.47 Å². The van der Waals surface area contributed by atoms with Crippen LogP contribution in [0.2, 0.25) is 0 Å². The first kappa shape index (κ1) is 11.0. The second-order valence-corrected chi connectivity index (χ2v) is 4.87. The van der Waals surface area contributed by atoms with Gasteiger partial charge >= 0.3 is 0 Å². The third-order valence-corrected chi connectivity index (χ3v) is 3.77. The SMILES string of the molecule is Nc1ncn(C2CCOC3(CCOCC3)C2)n1. The minimum Gasteiger partial charge on any atom is -0.381 e. The third kappa shape index (κ3) is 2.14. The van der Waals surface area contributed by atoms with Crippen LogP contribution in [0.4, 0.5) is 5.95 Å². The largest absolute Gasteiger partial charge is 0.381 e. The average molecular weight is 238 g/mol. The van der Waals surface area contributed by atoms with Crippen LogP contribution in [0.1, 0.15) is 31.7 Å². The monoisotopic (exact) mass is 238 g/mol. The summed E-state index contributed by atoms with van der Waals surface area (Å²) in [6.45, 7) is 2.38. The number of ether oxygens (including phenoxy) is 2. The zero-order valence-electron chi connectivity index (χ0n) is 9.84. The Hall–Kier alpha value is -1.14. The molecule has 2 aliphatic heterocycles. The van der Waals surface area contributed by atoms with Crippen molar-refractivity contribution in [1.29, 1.82) is 0 Å². The van der Waals surface area contributed by atoms with Gasteiger partial charge in [-0.3, -0.25) is 0 Å². The number of aromatic nitrogens is 3. The number of nitrogen functional groups attached to an aromatic ring is 1. The van der Waals surface area contributed by atoms with Gasteiger partial charge in [0.2, 0.25) is 5.95 Å². The van der Waals surface area contributed by atoms with Gasteiger partial charge in [-0.05, 0) is 25.7 Å². The molecule has 6 heteroatoms. The molecule has 3 rings (SSSR count). The highest BCUT2D eigenvalue weighted by atomic mass is 16.5. The molecule has 2 saturated heterocycles. The molecule has 2 N–H and O–H groups in total. The van der Waals surface area contributed by atoms with Gasteiger partial charge in [-0.2, -0.15) is 0 Å². The van der Waals surface area contributed by atoms with Gasteiger partial charge < -0.3 is 15.2 Å². The first-order valence-electron chi connectivity index (χ1n) is 6.16. The first-order valence-corrected chi connectivity index (χ1v) is 6.16. The van der Waals surface area contributed by atoms with Crippen LogP contribution >= 0.6 is 0 Å². The molecule has 17 heavy (non-hydrogen) atoms. The third-order valence-electron chi connectivity index (χ3n) is 3.77. The summed E-state index contributed by atoms with van der Waals surface area (Å²) in [6.07, 6.45) is 5.64. The van der Waals surface area contributed by atoms with E-state index >= 15 is 0 Å². The molecule has 0 saturated carbocycles. The van der Waals surface area contributed by atoms with E-state index in [1.165, 1.54) is 0 Å². The van der Waals surface area contributed by atoms with E-state index in [9.17, 15) is 0 Å². The Morgan fingerprint density at radius 3 is 2.88 bits per heavy atom. The fourth-order valence-electron chi connectivity index (χ4n) is 2.78. The van der Waals surface area contributed by atoms with Crippen LogP contribution in [0.5, 0.6) is 0 Å². The van der Waals surface area contributed by atoms with Crippen LogP contribution in [0.3, 0.4) is 0 Å². The van der Waals surface area contributed by atoms with Crippen molar-refractivity contribution in [2.45, 2.75) is 37.3 Å². The minimum atomic E-state index is -0.0120. The van der Waals surface area contributed by atoms with Crippen LogP contribution in [0.15, 0.2) is 6.33 Å². The second kappa shape index (κ2) is 4.27. The van der Waals surface area contributed by atoms with Gasteiger partial charge in [-0.1, -0.05) is 0 Å². The molecule has 1 spiro atoms. The fraction of sp³-hybridized carbons (Fsp3) is 0.818. The van der Waals surface area contributed by atoms with Crippen molar-refractivity contribution in [2.24, 2.45) is 0 Å². The molecule has 2 fully saturated rings. The maximum Gasteiger partial charge on any atom is 0.239 e. The Balaban J connectivity index is 1.74. The smallest absolute Gasteiger partial charge is 0.239 e. The van der Waals surface area contributed by atoms with Crippen molar-refractivity contribution >= 4 is 5.95 Å². The lowest BCUT2D eigenvalue weighted by Gasteiger charge is -2.43. The van der Waals surface area contributed by atoms with E-state index in [-0.39, 0.29) is 5.60 Å². The summed E-state index contributed by atoms with van der Waals surface area (Å²) in [7, 11) is 0. The normalized spacial score (nSPS) is 28.4. The number of hydrogen-bond donors (Lipinski definition) is 1. The summed E-state index contributed by atoms with van der Waals surface area (Å²) in [4.78, 5) is 3.99. The summed E-state index contributed by atoms with van der Waals surface area (Å²) >= 11 is 0. The Kier molecular flexibility index (Phi) is 2.76. The van der Waals surface area contributed by atoms with Crippen molar-refractivity contribution in [3.05, 3.63) is 6.33 Å². The molecule has 2 aliphatic rings. The van der Waals surface area contributed by atoms with E-state index in [1.54, 1.807) is 6.33 Å². The van der Waals surface area contributed by atoms with Crippen LogP contribution in [0.25, 0.3) is 0 Å². The van der Waals surface area contributed by atoms with E-state index in [4.69, 9.17) is 15.2 Å². The van der Waals surface area contributed by atoms with Crippen molar-refractivity contribution in [1.82, 2.24) is 14.8 Å².